The molecule has 1 aliphatic rings. The lowest BCUT2D eigenvalue weighted by Crippen LogP contribution is -2.32. The van der Waals surface area contributed by atoms with E-state index in [1.807, 2.05) is 0 Å². The Morgan fingerprint density at radius 2 is 1.43 bits per heavy atom. The molecule has 2 heteroatoms. The summed E-state index contributed by atoms with van der Waals surface area (Å²) in [5.41, 5.74) is -0.429. The van der Waals surface area contributed by atoms with Crippen LogP contribution in [-0.4, -0.2) is 17.5 Å². The van der Waals surface area contributed by atoms with Crippen molar-refractivity contribution in [1.82, 2.24) is 0 Å². The second-order valence-corrected chi connectivity index (χ2v) is 4.99. The van der Waals surface area contributed by atoms with Gasteiger partial charge in [0.25, 0.3) is 0 Å². The number of ether oxygens (including phenoxy) is 2. The molecule has 0 aliphatic carbocycles. The Balaban J connectivity index is 2.75. The Bertz CT molecular complexity index is 196. The predicted octanol–water partition coefficient (Wildman–Crippen LogP) is 3.27. The Morgan fingerprint density at radius 1 is 1.00 bits per heavy atom. The Hall–Kier alpha value is -0.340. The summed E-state index contributed by atoms with van der Waals surface area (Å²) < 4.78 is 11.7. The lowest BCUT2D eigenvalue weighted by molar-refractivity contribution is -0.214. The minimum Gasteiger partial charge on any atom is -0.343 e. The maximum absolute atomic E-state index is 5.87. The van der Waals surface area contributed by atoms with Crippen molar-refractivity contribution in [3.05, 3.63) is 12.2 Å². The molecule has 0 fully saturated rings. The normalized spacial score (nSPS) is 26.1. The summed E-state index contributed by atoms with van der Waals surface area (Å²) in [4.78, 5) is 0. The lowest BCUT2D eigenvalue weighted by atomic mass is 10.0. The van der Waals surface area contributed by atoms with E-state index in [0.717, 1.165) is 12.8 Å². The molecule has 0 amide bonds. The monoisotopic (exact) mass is 198 g/mol. The fourth-order valence-corrected chi connectivity index (χ4v) is 1.54. The smallest absolute Gasteiger partial charge is 0.159 e. The third kappa shape index (κ3) is 3.43. The van der Waals surface area contributed by atoms with Gasteiger partial charge >= 0.3 is 0 Å². The van der Waals surface area contributed by atoms with Gasteiger partial charge in [0.2, 0.25) is 0 Å². The molecule has 14 heavy (non-hydrogen) atoms. The zero-order chi connectivity index (χ0) is 10.8. The zero-order valence-corrected chi connectivity index (χ0v) is 9.96. The van der Waals surface area contributed by atoms with Gasteiger partial charge in [0.15, 0.2) is 6.29 Å². The number of rotatable bonds is 2. The Kier molecular flexibility index (Phi) is 3.38. The van der Waals surface area contributed by atoms with Crippen LogP contribution in [-0.2, 0) is 9.47 Å². The van der Waals surface area contributed by atoms with Crippen molar-refractivity contribution < 1.29 is 9.47 Å². The van der Waals surface area contributed by atoms with Crippen molar-refractivity contribution in [2.24, 2.45) is 0 Å². The van der Waals surface area contributed by atoms with Gasteiger partial charge in [-0.25, -0.2) is 0 Å². The molecule has 0 bridgehead atoms. The molecule has 0 atom stereocenters. The van der Waals surface area contributed by atoms with Crippen LogP contribution in [0.4, 0.5) is 0 Å². The van der Waals surface area contributed by atoms with Crippen LogP contribution in [0.25, 0.3) is 0 Å². The first-order chi connectivity index (χ1) is 6.35. The molecule has 0 radical (unpaired) electrons. The van der Waals surface area contributed by atoms with E-state index in [-0.39, 0.29) is 17.5 Å². The predicted molar refractivity (Wildman–Crippen MR) is 58.2 cm³/mol. The summed E-state index contributed by atoms with van der Waals surface area (Å²) >= 11 is 0. The molecular formula is C12H22O2. The highest BCUT2D eigenvalue weighted by Gasteiger charge is 2.30. The molecule has 0 saturated heterocycles. The number of hydrogen-bond donors (Lipinski definition) is 0. The van der Waals surface area contributed by atoms with Crippen molar-refractivity contribution in [2.45, 2.75) is 65.0 Å². The summed E-state index contributed by atoms with van der Waals surface area (Å²) in [6, 6.07) is 0. The Labute approximate surface area is 87.3 Å². The van der Waals surface area contributed by atoms with Gasteiger partial charge in [-0.15, -0.1) is 0 Å². The maximum Gasteiger partial charge on any atom is 0.159 e. The highest BCUT2D eigenvalue weighted by atomic mass is 16.7. The first-order valence-corrected chi connectivity index (χ1v) is 5.41. The molecule has 1 heterocycles. The summed E-state index contributed by atoms with van der Waals surface area (Å²) in [5, 5.41) is 0. The van der Waals surface area contributed by atoms with Gasteiger partial charge in [0.05, 0.1) is 11.2 Å². The first kappa shape index (κ1) is 11.7. The molecule has 0 aromatic rings. The van der Waals surface area contributed by atoms with Gasteiger partial charge in [-0.1, -0.05) is 25.5 Å². The maximum atomic E-state index is 5.87. The van der Waals surface area contributed by atoms with E-state index in [9.17, 15) is 0 Å². The summed E-state index contributed by atoms with van der Waals surface area (Å²) in [7, 11) is 0. The van der Waals surface area contributed by atoms with Crippen LogP contribution in [0.15, 0.2) is 12.2 Å². The minimum atomic E-state index is -0.215. The molecule has 0 N–H and O–H groups in total. The fourth-order valence-electron chi connectivity index (χ4n) is 1.54. The molecule has 0 spiro atoms. The van der Waals surface area contributed by atoms with Gasteiger partial charge < -0.3 is 9.47 Å². The van der Waals surface area contributed by atoms with E-state index < -0.39 is 0 Å². The van der Waals surface area contributed by atoms with Crippen molar-refractivity contribution in [2.75, 3.05) is 0 Å². The van der Waals surface area contributed by atoms with Crippen LogP contribution < -0.4 is 0 Å². The second kappa shape index (κ2) is 4.03. The molecule has 0 saturated carbocycles. The van der Waals surface area contributed by atoms with Crippen LogP contribution in [0.3, 0.4) is 0 Å². The van der Waals surface area contributed by atoms with Crippen LogP contribution in [0.1, 0.15) is 47.5 Å². The van der Waals surface area contributed by atoms with E-state index in [4.69, 9.17) is 9.47 Å². The minimum absolute atomic E-state index is 0.0833. The largest absolute Gasteiger partial charge is 0.343 e. The van der Waals surface area contributed by atoms with Crippen LogP contribution in [0, 0.1) is 0 Å². The SMILES string of the molecule is CCCC1OC(C)(C)C=CC(C)(C)O1. The van der Waals surface area contributed by atoms with E-state index in [1.54, 1.807) is 0 Å². The fraction of sp³-hybridized carbons (Fsp3) is 0.833. The topological polar surface area (TPSA) is 18.5 Å². The molecular weight excluding hydrogens is 176 g/mol. The van der Waals surface area contributed by atoms with E-state index in [2.05, 4.69) is 46.8 Å². The van der Waals surface area contributed by atoms with Crippen molar-refractivity contribution >= 4 is 0 Å². The lowest BCUT2D eigenvalue weighted by Gasteiger charge is -2.29. The van der Waals surface area contributed by atoms with Crippen molar-refractivity contribution in [1.29, 1.82) is 0 Å². The van der Waals surface area contributed by atoms with Crippen LogP contribution in [0.5, 0.6) is 0 Å². The van der Waals surface area contributed by atoms with E-state index >= 15 is 0 Å². The average molecular weight is 198 g/mol. The highest BCUT2D eigenvalue weighted by Crippen LogP contribution is 2.27. The van der Waals surface area contributed by atoms with Crippen LogP contribution in [0.2, 0.25) is 0 Å². The molecule has 82 valence electrons. The van der Waals surface area contributed by atoms with Gasteiger partial charge in [-0.05, 0) is 34.1 Å². The summed E-state index contributed by atoms with van der Waals surface area (Å²) in [5.74, 6) is 0. The van der Waals surface area contributed by atoms with Gasteiger partial charge in [-0.3, -0.25) is 0 Å². The van der Waals surface area contributed by atoms with E-state index in [0.29, 0.717) is 0 Å². The molecule has 1 aliphatic heterocycles. The molecule has 0 unspecified atom stereocenters. The molecule has 2 nitrogen and oxygen atoms in total. The van der Waals surface area contributed by atoms with Crippen molar-refractivity contribution in [3.8, 4) is 0 Å². The number of hydrogen-bond acceptors (Lipinski definition) is 2. The van der Waals surface area contributed by atoms with Crippen molar-refractivity contribution in [3.63, 3.8) is 0 Å². The quantitative estimate of drug-likeness (QED) is 0.634. The highest BCUT2D eigenvalue weighted by molar-refractivity contribution is 5.06. The Morgan fingerprint density at radius 3 is 1.79 bits per heavy atom. The average Bonchev–Trinajstić information content (AvgIpc) is 2.08. The molecule has 0 aromatic carbocycles. The summed E-state index contributed by atoms with van der Waals surface area (Å²) in [6.07, 6.45) is 6.12. The third-order valence-corrected chi connectivity index (χ3v) is 2.28. The van der Waals surface area contributed by atoms with Gasteiger partial charge in [0, 0.05) is 0 Å². The second-order valence-electron chi connectivity index (χ2n) is 4.99. The van der Waals surface area contributed by atoms with Gasteiger partial charge in [-0.2, -0.15) is 0 Å². The van der Waals surface area contributed by atoms with E-state index in [1.165, 1.54) is 0 Å². The molecule has 1 rings (SSSR count). The molecule has 0 aromatic heterocycles. The van der Waals surface area contributed by atoms with Crippen LogP contribution >= 0.6 is 0 Å². The third-order valence-electron chi connectivity index (χ3n) is 2.28. The zero-order valence-electron chi connectivity index (χ0n) is 9.96. The summed E-state index contributed by atoms with van der Waals surface area (Å²) in [6.45, 7) is 10.4. The van der Waals surface area contributed by atoms with Gasteiger partial charge in [0.1, 0.15) is 0 Å². The standard InChI is InChI=1S/C12H22O2/c1-6-7-10-13-11(2,3)8-9-12(4,5)14-10/h8-10H,6-7H2,1-5H3. The first-order valence-electron chi connectivity index (χ1n) is 5.41.